The number of sulfonamides is 1. The van der Waals surface area contributed by atoms with Crippen molar-refractivity contribution in [3.63, 3.8) is 0 Å². The fourth-order valence-corrected chi connectivity index (χ4v) is 2.52. The number of hydrogen-bond acceptors (Lipinski definition) is 5. The molecule has 20 heavy (non-hydrogen) atoms. The molecule has 0 aliphatic rings. The summed E-state index contributed by atoms with van der Waals surface area (Å²) in [5.74, 6) is 2.04. The van der Waals surface area contributed by atoms with E-state index in [0.29, 0.717) is 17.1 Å². The largest absolute Gasteiger partial charge is 0.486 e. The molecule has 2 aromatic rings. The minimum absolute atomic E-state index is 0.0966. The van der Waals surface area contributed by atoms with Gasteiger partial charge in [0.2, 0.25) is 10.0 Å². The first-order chi connectivity index (χ1) is 9.29. The van der Waals surface area contributed by atoms with Crippen molar-refractivity contribution in [2.75, 3.05) is 0 Å². The summed E-state index contributed by atoms with van der Waals surface area (Å²) < 4.78 is 30.0. The van der Waals surface area contributed by atoms with Gasteiger partial charge in [0, 0.05) is 7.05 Å². The van der Waals surface area contributed by atoms with Crippen molar-refractivity contribution < 1.29 is 13.2 Å². The van der Waals surface area contributed by atoms with E-state index in [2.05, 4.69) is 10.2 Å². The van der Waals surface area contributed by atoms with Crippen LogP contribution >= 0.6 is 0 Å². The smallest absolute Gasteiger partial charge is 0.238 e. The van der Waals surface area contributed by atoms with Crippen LogP contribution < -0.4 is 9.88 Å². The van der Waals surface area contributed by atoms with E-state index in [1.807, 2.05) is 18.5 Å². The van der Waals surface area contributed by atoms with Crippen LogP contribution in [0.2, 0.25) is 0 Å². The summed E-state index contributed by atoms with van der Waals surface area (Å²) >= 11 is 0. The Hall–Kier alpha value is -1.93. The van der Waals surface area contributed by atoms with Crippen molar-refractivity contribution in [1.82, 2.24) is 14.8 Å². The molecule has 2 N–H and O–H groups in total. The molecular formula is C12H16N4O3S. The highest BCUT2D eigenvalue weighted by molar-refractivity contribution is 7.89. The van der Waals surface area contributed by atoms with Crippen LogP contribution in [0.25, 0.3) is 0 Å². The van der Waals surface area contributed by atoms with Gasteiger partial charge in [0.25, 0.3) is 0 Å². The number of aromatic nitrogens is 3. The number of ether oxygens (including phenoxy) is 1. The highest BCUT2D eigenvalue weighted by Gasteiger charge is 2.12. The van der Waals surface area contributed by atoms with Gasteiger partial charge in [0.05, 0.1) is 4.90 Å². The predicted octanol–water partition coefficient (Wildman–Crippen LogP) is 0.658. The van der Waals surface area contributed by atoms with Gasteiger partial charge >= 0.3 is 0 Å². The van der Waals surface area contributed by atoms with Crippen LogP contribution in [-0.2, 0) is 23.7 Å². The maximum Gasteiger partial charge on any atom is 0.238 e. The highest BCUT2D eigenvalue weighted by Crippen LogP contribution is 2.20. The standard InChI is InChI=1S/C12H16N4O3S/c1-8-6-10(4-5-11(8)20(13,17)18)19-7-12-15-14-9(2)16(12)3/h4-6H,7H2,1-3H3,(H2,13,17,18). The number of nitrogens with zero attached hydrogens (tertiary/aromatic N) is 3. The Labute approximate surface area is 117 Å². The van der Waals surface area contributed by atoms with Gasteiger partial charge in [-0.1, -0.05) is 0 Å². The lowest BCUT2D eigenvalue weighted by molar-refractivity contribution is 0.290. The Kier molecular flexibility index (Phi) is 3.78. The van der Waals surface area contributed by atoms with E-state index in [4.69, 9.17) is 9.88 Å². The van der Waals surface area contributed by atoms with E-state index >= 15 is 0 Å². The number of aryl methyl sites for hydroxylation is 2. The number of nitrogens with two attached hydrogens (primary N) is 1. The normalized spacial score (nSPS) is 11.6. The summed E-state index contributed by atoms with van der Waals surface area (Å²) in [4.78, 5) is 0.0966. The fourth-order valence-electron chi connectivity index (χ4n) is 1.76. The first-order valence-corrected chi connectivity index (χ1v) is 7.45. The van der Waals surface area contributed by atoms with E-state index in [1.54, 1.807) is 19.1 Å². The van der Waals surface area contributed by atoms with Gasteiger partial charge < -0.3 is 9.30 Å². The molecule has 7 nitrogen and oxygen atoms in total. The van der Waals surface area contributed by atoms with Crippen LogP contribution in [0.1, 0.15) is 17.2 Å². The molecule has 1 heterocycles. The van der Waals surface area contributed by atoms with E-state index in [-0.39, 0.29) is 11.5 Å². The molecular weight excluding hydrogens is 280 g/mol. The van der Waals surface area contributed by atoms with Crippen molar-refractivity contribution in [2.24, 2.45) is 12.2 Å². The van der Waals surface area contributed by atoms with E-state index in [1.165, 1.54) is 6.07 Å². The molecule has 108 valence electrons. The first-order valence-electron chi connectivity index (χ1n) is 5.90. The molecule has 8 heteroatoms. The van der Waals surface area contributed by atoms with Gasteiger partial charge in [-0.15, -0.1) is 10.2 Å². The lowest BCUT2D eigenvalue weighted by Crippen LogP contribution is -2.13. The number of rotatable bonds is 4. The van der Waals surface area contributed by atoms with Crippen molar-refractivity contribution in [1.29, 1.82) is 0 Å². The highest BCUT2D eigenvalue weighted by atomic mass is 32.2. The summed E-state index contributed by atoms with van der Waals surface area (Å²) in [5.41, 5.74) is 0.541. The van der Waals surface area contributed by atoms with Crippen molar-refractivity contribution in [3.8, 4) is 5.75 Å². The molecule has 0 aliphatic carbocycles. The maximum atomic E-state index is 11.3. The van der Waals surface area contributed by atoms with E-state index < -0.39 is 10.0 Å². The third-order valence-corrected chi connectivity index (χ3v) is 4.07. The van der Waals surface area contributed by atoms with Crippen LogP contribution in [0.5, 0.6) is 5.75 Å². The zero-order chi connectivity index (χ0) is 14.9. The molecule has 2 rings (SSSR count). The average Bonchev–Trinajstić information content (AvgIpc) is 2.66. The molecule has 0 bridgehead atoms. The minimum Gasteiger partial charge on any atom is -0.486 e. The Morgan fingerprint density at radius 1 is 1.30 bits per heavy atom. The topological polar surface area (TPSA) is 100 Å². The lowest BCUT2D eigenvalue weighted by Gasteiger charge is -2.09. The van der Waals surface area contributed by atoms with Crippen molar-refractivity contribution >= 4 is 10.0 Å². The molecule has 0 saturated carbocycles. The molecule has 0 spiro atoms. The fraction of sp³-hybridized carbons (Fsp3) is 0.333. The summed E-state index contributed by atoms with van der Waals surface area (Å²) in [6, 6.07) is 4.63. The quantitative estimate of drug-likeness (QED) is 0.893. The zero-order valence-electron chi connectivity index (χ0n) is 11.5. The predicted molar refractivity (Wildman–Crippen MR) is 72.6 cm³/mol. The second kappa shape index (κ2) is 5.22. The summed E-state index contributed by atoms with van der Waals surface area (Å²) in [6.45, 7) is 3.77. The average molecular weight is 296 g/mol. The van der Waals surface area contributed by atoms with Gasteiger partial charge in [-0.25, -0.2) is 13.6 Å². The number of hydrogen-bond donors (Lipinski definition) is 1. The third kappa shape index (κ3) is 2.97. The molecule has 1 aromatic heterocycles. The third-order valence-electron chi connectivity index (χ3n) is 3.00. The molecule has 0 fully saturated rings. The van der Waals surface area contributed by atoms with Crippen LogP contribution in [0.15, 0.2) is 23.1 Å². The molecule has 0 amide bonds. The Balaban J connectivity index is 2.16. The Morgan fingerprint density at radius 3 is 2.50 bits per heavy atom. The second-order valence-corrected chi connectivity index (χ2v) is 6.01. The number of benzene rings is 1. The van der Waals surface area contributed by atoms with Crippen LogP contribution in [0.4, 0.5) is 0 Å². The molecule has 0 unspecified atom stereocenters. The monoisotopic (exact) mass is 296 g/mol. The Bertz CT molecular complexity index is 737. The van der Waals surface area contributed by atoms with Gasteiger partial charge in [-0.2, -0.15) is 0 Å². The van der Waals surface area contributed by atoms with Gasteiger partial charge in [0.15, 0.2) is 5.82 Å². The van der Waals surface area contributed by atoms with E-state index in [0.717, 1.165) is 5.82 Å². The molecule has 0 radical (unpaired) electrons. The second-order valence-electron chi connectivity index (χ2n) is 4.48. The molecule has 1 aromatic carbocycles. The summed E-state index contributed by atoms with van der Waals surface area (Å²) in [5, 5.41) is 13.0. The molecule has 0 saturated heterocycles. The molecule has 0 atom stereocenters. The molecule has 0 aliphatic heterocycles. The zero-order valence-corrected chi connectivity index (χ0v) is 12.3. The SMILES string of the molecule is Cc1cc(OCc2nnc(C)n2C)ccc1S(N)(=O)=O. The van der Waals surface area contributed by atoms with Crippen molar-refractivity contribution in [3.05, 3.63) is 35.4 Å². The van der Waals surface area contributed by atoms with Crippen LogP contribution in [-0.4, -0.2) is 23.2 Å². The lowest BCUT2D eigenvalue weighted by atomic mass is 10.2. The van der Waals surface area contributed by atoms with Gasteiger partial charge in [0.1, 0.15) is 18.2 Å². The van der Waals surface area contributed by atoms with E-state index in [9.17, 15) is 8.42 Å². The van der Waals surface area contributed by atoms with Crippen LogP contribution in [0, 0.1) is 13.8 Å². The summed E-state index contributed by atoms with van der Waals surface area (Å²) in [7, 11) is -1.85. The first kappa shape index (κ1) is 14.5. The maximum absolute atomic E-state index is 11.3. The van der Waals surface area contributed by atoms with Crippen molar-refractivity contribution in [2.45, 2.75) is 25.3 Å². The van der Waals surface area contributed by atoms with Gasteiger partial charge in [-0.3, -0.25) is 0 Å². The summed E-state index contributed by atoms with van der Waals surface area (Å²) in [6.07, 6.45) is 0. The number of primary sulfonamides is 1. The Morgan fingerprint density at radius 2 is 2.00 bits per heavy atom. The van der Waals surface area contributed by atoms with Gasteiger partial charge in [-0.05, 0) is 37.6 Å². The minimum atomic E-state index is -3.70. The van der Waals surface area contributed by atoms with Crippen LogP contribution in [0.3, 0.4) is 0 Å².